The number of hydroxylamine groups is 1. The van der Waals surface area contributed by atoms with Crippen molar-refractivity contribution in [3.05, 3.63) is 65.2 Å². The second-order valence-corrected chi connectivity index (χ2v) is 7.75. The number of sulfonamides is 1. The van der Waals surface area contributed by atoms with Crippen LogP contribution in [0.1, 0.15) is 12.5 Å². The number of benzene rings is 2. The van der Waals surface area contributed by atoms with Gasteiger partial charge in [-0.05, 0) is 36.8 Å². The van der Waals surface area contributed by atoms with Crippen molar-refractivity contribution in [2.45, 2.75) is 24.4 Å². The van der Waals surface area contributed by atoms with Gasteiger partial charge in [-0.1, -0.05) is 41.9 Å². The van der Waals surface area contributed by atoms with Crippen molar-refractivity contribution in [3.63, 3.8) is 0 Å². The van der Waals surface area contributed by atoms with Crippen molar-refractivity contribution >= 4 is 33.6 Å². The maximum absolute atomic E-state index is 12.6. The zero-order valence-corrected chi connectivity index (χ0v) is 15.9. The quantitative estimate of drug-likeness (QED) is 0.497. The molecular weight excluding hydrogens is 394 g/mol. The maximum Gasteiger partial charge on any atom is 0.332 e. The number of halogens is 1. The Labute approximate surface area is 161 Å². The van der Waals surface area contributed by atoms with Crippen molar-refractivity contribution in [1.29, 1.82) is 0 Å². The van der Waals surface area contributed by atoms with E-state index in [9.17, 15) is 18.0 Å². The number of urea groups is 1. The van der Waals surface area contributed by atoms with Crippen molar-refractivity contribution < 1.29 is 23.2 Å². The monoisotopic (exact) mass is 411 g/mol. The van der Waals surface area contributed by atoms with E-state index < -0.39 is 28.0 Å². The molecule has 0 aromatic heterocycles. The van der Waals surface area contributed by atoms with Gasteiger partial charge in [0, 0.05) is 11.6 Å². The molecule has 0 aliphatic rings. The molecule has 144 valence electrons. The van der Waals surface area contributed by atoms with Gasteiger partial charge in [-0.25, -0.2) is 23.4 Å². The lowest BCUT2D eigenvalue weighted by Crippen LogP contribution is -2.51. The molecule has 27 heavy (non-hydrogen) atoms. The van der Waals surface area contributed by atoms with Crippen LogP contribution in [0.15, 0.2) is 59.5 Å². The van der Waals surface area contributed by atoms with Crippen LogP contribution in [-0.4, -0.2) is 36.5 Å². The Hall–Kier alpha value is -2.62. The summed E-state index contributed by atoms with van der Waals surface area (Å²) >= 11 is 5.74. The molecule has 8 nitrogen and oxygen atoms in total. The first-order chi connectivity index (χ1) is 12.7. The van der Waals surface area contributed by atoms with Gasteiger partial charge in [0.2, 0.25) is 0 Å². The van der Waals surface area contributed by atoms with E-state index in [0.717, 1.165) is 4.90 Å². The van der Waals surface area contributed by atoms with Crippen LogP contribution in [-0.2, 0) is 21.4 Å². The Morgan fingerprint density at radius 2 is 1.70 bits per heavy atom. The lowest BCUT2D eigenvalue weighted by molar-refractivity contribution is -0.133. The predicted molar refractivity (Wildman–Crippen MR) is 98.5 cm³/mol. The van der Waals surface area contributed by atoms with Crippen LogP contribution in [0.3, 0.4) is 0 Å². The molecule has 0 aliphatic heterocycles. The molecule has 0 saturated heterocycles. The molecular formula is C17H18ClN3O5S. The molecule has 0 saturated carbocycles. The van der Waals surface area contributed by atoms with Crippen LogP contribution in [0.2, 0.25) is 5.02 Å². The largest absolute Gasteiger partial charge is 0.332 e. The first kappa shape index (κ1) is 20.7. The number of nitrogens with zero attached hydrogens (tertiary/aromatic N) is 1. The fraction of sp³-hybridized carbons (Fsp3) is 0.176. The van der Waals surface area contributed by atoms with Gasteiger partial charge >= 0.3 is 6.03 Å². The molecule has 0 bridgehead atoms. The smallest absolute Gasteiger partial charge is 0.308 e. The van der Waals surface area contributed by atoms with Gasteiger partial charge in [0.15, 0.2) is 0 Å². The van der Waals surface area contributed by atoms with Crippen LogP contribution in [0.5, 0.6) is 0 Å². The van der Waals surface area contributed by atoms with Gasteiger partial charge in [-0.3, -0.25) is 10.0 Å². The van der Waals surface area contributed by atoms with E-state index in [4.69, 9.17) is 16.8 Å². The summed E-state index contributed by atoms with van der Waals surface area (Å²) in [5.74, 6) is -0.857. The van der Waals surface area contributed by atoms with Crippen LogP contribution in [0.4, 0.5) is 4.79 Å². The Kier molecular flexibility index (Phi) is 6.78. The summed E-state index contributed by atoms with van der Waals surface area (Å²) in [6.45, 7) is 1.32. The van der Waals surface area contributed by atoms with Gasteiger partial charge in [0.25, 0.3) is 15.9 Å². The summed E-state index contributed by atoms with van der Waals surface area (Å²) in [5, 5.41) is 9.20. The average molecular weight is 412 g/mol. The molecule has 10 heteroatoms. The van der Waals surface area contributed by atoms with Gasteiger partial charge in [-0.15, -0.1) is 0 Å². The van der Waals surface area contributed by atoms with Crippen molar-refractivity contribution in [2.24, 2.45) is 0 Å². The number of nitrogens with one attached hydrogen (secondary N) is 2. The Bertz CT molecular complexity index is 904. The zero-order chi connectivity index (χ0) is 20.0. The Balaban J connectivity index is 2.27. The van der Waals surface area contributed by atoms with Crippen molar-refractivity contribution in [2.75, 3.05) is 0 Å². The van der Waals surface area contributed by atoms with E-state index in [0.29, 0.717) is 10.6 Å². The summed E-state index contributed by atoms with van der Waals surface area (Å²) < 4.78 is 26.8. The van der Waals surface area contributed by atoms with Crippen molar-refractivity contribution in [3.8, 4) is 0 Å². The third kappa shape index (κ3) is 5.43. The summed E-state index contributed by atoms with van der Waals surface area (Å²) in [6.07, 6.45) is 0. The van der Waals surface area contributed by atoms with E-state index in [2.05, 4.69) is 0 Å². The van der Waals surface area contributed by atoms with E-state index in [1.165, 1.54) is 36.7 Å². The lowest BCUT2D eigenvalue weighted by Gasteiger charge is -2.27. The molecule has 3 N–H and O–H groups in total. The van der Waals surface area contributed by atoms with E-state index in [1.807, 2.05) is 4.72 Å². The molecule has 1 atom stereocenters. The number of rotatable bonds is 6. The molecule has 0 fully saturated rings. The van der Waals surface area contributed by atoms with Crippen LogP contribution in [0, 0.1) is 0 Å². The highest BCUT2D eigenvalue weighted by Crippen LogP contribution is 2.15. The second-order valence-electron chi connectivity index (χ2n) is 5.63. The first-order valence-corrected chi connectivity index (χ1v) is 9.67. The molecule has 2 aromatic carbocycles. The van der Waals surface area contributed by atoms with Gasteiger partial charge in [0.1, 0.15) is 6.04 Å². The summed E-state index contributed by atoms with van der Waals surface area (Å²) in [4.78, 5) is 25.2. The molecule has 0 spiro atoms. The SMILES string of the molecule is C[C@@H](C(=O)NO)N(Cc1ccccc1)C(=O)NS(=O)(=O)c1ccc(Cl)cc1. The second kappa shape index (κ2) is 8.85. The summed E-state index contributed by atoms with van der Waals surface area (Å²) in [5.41, 5.74) is 2.14. The molecule has 0 radical (unpaired) electrons. The number of carbonyl (C=O) groups is 2. The molecule has 2 aromatic rings. The highest BCUT2D eigenvalue weighted by atomic mass is 35.5. The topological polar surface area (TPSA) is 116 Å². The summed E-state index contributed by atoms with van der Waals surface area (Å²) in [7, 11) is -4.17. The minimum absolute atomic E-state index is 0.0442. The normalized spacial score (nSPS) is 12.1. The highest BCUT2D eigenvalue weighted by Gasteiger charge is 2.29. The predicted octanol–water partition coefficient (Wildman–Crippen LogP) is 2.13. The molecule has 0 heterocycles. The summed E-state index contributed by atoms with van der Waals surface area (Å²) in [6, 6.07) is 11.8. The van der Waals surface area contributed by atoms with E-state index >= 15 is 0 Å². The van der Waals surface area contributed by atoms with Gasteiger partial charge in [0.05, 0.1) is 4.90 Å². The molecule has 2 rings (SSSR count). The fourth-order valence-corrected chi connectivity index (χ4v) is 3.33. The van der Waals surface area contributed by atoms with Crippen LogP contribution in [0.25, 0.3) is 0 Å². The van der Waals surface area contributed by atoms with Gasteiger partial charge < -0.3 is 4.90 Å². The lowest BCUT2D eigenvalue weighted by atomic mass is 10.2. The molecule has 0 unspecified atom stereocenters. The standard InChI is InChI=1S/C17H18ClN3O5S/c1-12(16(22)19-24)21(11-13-5-3-2-4-6-13)17(23)20-27(25,26)15-9-7-14(18)8-10-15/h2-10,12,24H,11H2,1H3,(H,19,22)(H,20,23)/t12-/m0/s1. The van der Waals surface area contributed by atoms with Crippen LogP contribution < -0.4 is 10.2 Å². The Morgan fingerprint density at radius 3 is 2.26 bits per heavy atom. The van der Waals surface area contributed by atoms with E-state index in [1.54, 1.807) is 30.3 Å². The maximum atomic E-state index is 12.6. The van der Waals surface area contributed by atoms with Crippen molar-refractivity contribution in [1.82, 2.24) is 15.1 Å². The third-order valence-electron chi connectivity index (χ3n) is 3.76. The van der Waals surface area contributed by atoms with Crippen LogP contribution >= 0.6 is 11.6 Å². The fourth-order valence-electron chi connectivity index (χ4n) is 2.25. The zero-order valence-electron chi connectivity index (χ0n) is 14.3. The highest BCUT2D eigenvalue weighted by molar-refractivity contribution is 7.90. The molecule has 3 amide bonds. The van der Waals surface area contributed by atoms with E-state index in [-0.39, 0.29) is 11.4 Å². The molecule has 0 aliphatic carbocycles. The Morgan fingerprint density at radius 1 is 1.11 bits per heavy atom. The average Bonchev–Trinajstić information content (AvgIpc) is 2.65. The number of hydrogen-bond acceptors (Lipinski definition) is 5. The number of hydrogen-bond donors (Lipinski definition) is 3. The minimum Gasteiger partial charge on any atom is -0.308 e. The third-order valence-corrected chi connectivity index (χ3v) is 5.35. The minimum atomic E-state index is -4.17. The number of amides is 3. The first-order valence-electron chi connectivity index (χ1n) is 7.81. The number of carbonyl (C=O) groups excluding carboxylic acids is 2. The van der Waals surface area contributed by atoms with Gasteiger partial charge in [-0.2, -0.15) is 0 Å².